The molecule has 1 aromatic heterocycles. The van der Waals surface area contributed by atoms with E-state index in [0.717, 1.165) is 37.4 Å². The summed E-state index contributed by atoms with van der Waals surface area (Å²) >= 11 is 0. The van der Waals surface area contributed by atoms with Gasteiger partial charge in [0, 0.05) is 13.1 Å². The average molecular weight is 250 g/mol. The van der Waals surface area contributed by atoms with Gasteiger partial charge in [-0.2, -0.15) is 5.10 Å². The largest absolute Gasteiger partial charge is 0.378 e. The van der Waals surface area contributed by atoms with Crippen LogP contribution in [0.3, 0.4) is 0 Å². The molecule has 2 aliphatic rings. The molecule has 5 nitrogen and oxygen atoms in total. The highest BCUT2D eigenvalue weighted by atomic mass is 16.5. The van der Waals surface area contributed by atoms with Crippen LogP contribution in [0.15, 0.2) is 6.33 Å². The molecule has 1 aliphatic carbocycles. The zero-order chi connectivity index (χ0) is 12.4. The predicted octanol–water partition coefficient (Wildman–Crippen LogP) is 1.38. The van der Waals surface area contributed by atoms with Crippen molar-refractivity contribution >= 4 is 0 Å². The summed E-state index contributed by atoms with van der Waals surface area (Å²) in [5.74, 6) is 2.48. The third-order valence-corrected chi connectivity index (χ3v) is 4.25. The first kappa shape index (κ1) is 12.1. The molecule has 1 aromatic rings. The molecule has 0 spiro atoms. The summed E-state index contributed by atoms with van der Waals surface area (Å²) in [4.78, 5) is 4.42. The molecule has 1 saturated carbocycles. The summed E-state index contributed by atoms with van der Waals surface area (Å²) in [6, 6.07) is 0.168. The Morgan fingerprint density at radius 3 is 3.17 bits per heavy atom. The number of morpholine rings is 1. The van der Waals surface area contributed by atoms with Gasteiger partial charge in [-0.25, -0.2) is 4.98 Å². The third-order valence-electron chi connectivity index (χ3n) is 4.25. The summed E-state index contributed by atoms with van der Waals surface area (Å²) in [5.41, 5.74) is 0. The first-order chi connectivity index (χ1) is 8.83. The number of ether oxygens (including phenoxy) is 1. The monoisotopic (exact) mass is 250 g/mol. The van der Waals surface area contributed by atoms with E-state index in [0.29, 0.717) is 6.61 Å². The Morgan fingerprint density at radius 2 is 2.44 bits per heavy atom. The molecule has 1 unspecified atom stereocenters. The number of hydrogen-bond acceptors (Lipinski definition) is 4. The van der Waals surface area contributed by atoms with Gasteiger partial charge in [-0.3, -0.25) is 4.68 Å². The first-order valence-electron chi connectivity index (χ1n) is 7.03. The minimum atomic E-state index is 0.168. The van der Waals surface area contributed by atoms with Crippen molar-refractivity contribution in [1.82, 2.24) is 20.1 Å². The standard InChI is InChI=1S/C13H22N4O/c1-10-3-2-4-11(10)7-17-9-15-13(16-17)12-8-18-6-5-14-12/h9-12,14H,2-8H2,1H3/t10-,11+,12?/m1/s1. The number of nitrogens with one attached hydrogen (secondary N) is 1. The van der Waals surface area contributed by atoms with Gasteiger partial charge in [-0.15, -0.1) is 0 Å². The van der Waals surface area contributed by atoms with Crippen LogP contribution in [0.5, 0.6) is 0 Å². The number of hydrogen-bond donors (Lipinski definition) is 1. The predicted molar refractivity (Wildman–Crippen MR) is 68.1 cm³/mol. The molecule has 2 heterocycles. The Labute approximate surface area is 108 Å². The van der Waals surface area contributed by atoms with Crippen LogP contribution in [-0.2, 0) is 11.3 Å². The lowest BCUT2D eigenvalue weighted by atomic mass is 9.98. The van der Waals surface area contributed by atoms with E-state index in [2.05, 4.69) is 22.3 Å². The lowest BCUT2D eigenvalue weighted by Crippen LogP contribution is -2.35. The van der Waals surface area contributed by atoms with E-state index in [1.54, 1.807) is 0 Å². The van der Waals surface area contributed by atoms with E-state index < -0.39 is 0 Å². The van der Waals surface area contributed by atoms with Gasteiger partial charge < -0.3 is 10.1 Å². The van der Waals surface area contributed by atoms with E-state index in [1.807, 2.05) is 11.0 Å². The van der Waals surface area contributed by atoms with Crippen molar-refractivity contribution in [3.8, 4) is 0 Å². The zero-order valence-corrected chi connectivity index (χ0v) is 11.0. The Bertz CT molecular complexity index is 386. The van der Waals surface area contributed by atoms with E-state index in [9.17, 15) is 0 Å². The molecule has 0 bridgehead atoms. The van der Waals surface area contributed by atoms with Crippen molar-refractivity contribution in [2.75, 3.05) is 19.8 Å². The van der Waals surface area contributed by atoms with Crippen LogP contribution in [0.4, 0.5) is 0 Å². The number of aromatic nitrogens is 3. The molecule has 1 saturated heterocycles. The van der Waals surface area contributed by atoms with Gasteiger partial charge >= 0.3 is 0 Å². The quantitative estimate of drug-likeness (QED) is 0.880. The maximum Gasteiger partial charge on any atom is 0.169 e. The molecule has 3 rings (SSSR count). The van der Waals surface area contributed by atoms with Gasteiger partial charge in [0.25, 0.3) is 0 Å². The summed E-state index contributed by atoms with van der Waals surface area (Å²) in [6.07, 6.45) is 5.94. The molecule has 1 aliphatic heterocycles. The highest BCUT2D eigenvalue weighted by molar-refractivity contribution is 4.93. The molecular formula is C13H22N4O. The van der Waals surface area contributed by atoms with E-state index >= 15 is 0 Å². The highest BCUT2D eigenvalue weighted by Gasteiger charge is 2.25. The van der Waals surface area contributed by atoms with Crippen LogP contribution in [0.1, 0.15) is 38.1 Å². The normalized spacial score (nSPS) is 32.8. The van der Waals surface area contributed by atoms with Crippen molar-refractivity contribution in [3.63, 3.8) is 0 Å². The van der Waals surface area contributed by atoms with Crippen LogP contribution in [0.25, 0.3) is 0 Å². The second kappa shape index (κ2) is 5.36. The SMILES string of the molecule is C[C@@H]1CCC[C@H]1Cn1cnc(C2COCCN2)n1. The highest BCUT2D eigenvalue weighted by Crippen LogP contribution is 2.32. The van der Waals surface area contributed by atoms with Crippen LogP contribution < -0.4 is 5.32 Å². The fourth-order valence-electron chi connectivity index (χ4n) is 3.02. The van der Waals surface area contributed by atoms with Crippen LogP contribution in [0.2, 0.25) is 0 Å². The second-order valence-electron chi connectivity index (χ2n) is 5.57. The maximum atomic E-state index is 5.44. The van der Waals surface area contributed by atoms with Gasteiger partial charge in [-0.05, 0) is 18.3 Å². The van der Waals surface area contributed by atoms with E-state index in [-0.39, 0.29) is 6.04 Å². The lowest BCUT2D eigenvalue weighted by molar-refractivity contribution is 0.0741. The molecule has 5 heteroatoms. The molecule has 1 N–H and O–H groups in total. The molecule has 2 fully saturated rings. The van der Waals surface area contributed by atoms with Crippen molar-refractivity contribution in [2.45, 2.75) is 38.8 Å². The minimum absolute atomic E-state index is 0.168. The Kier molecular flexibility index (Phi) is 3.61. The van der Waals surface area contributed by atoms with E-state index in [1.165, 1.54) is 19.3 Å². The Morgan fingerprint density at radius 1 is 1.50 bits per heavy atom. The average Bonchev–Trinajstić information content (AvgIpc) is 3.02. The number of rotatable bonds is 3. The molecule has 100 valence electrons. The molecule has 0 radical (unpaired) electrons. The van der Waals surface area contributed by atoms with Gasteiger partial charge in [0.2, 0.25) is 0 Å². The maximum absolute atomic E-state index is 5.44. The molecule has 0 amide bonds. The topological polar surface area (TPSA) is 52.0 Å². The minimum Gasteiger partial charge on any atom is -0.378 e. The summed E-state index contributed by atoms with van der Waals surface area (Å²) in [7, 11) is 0. The van der Waals surface area contributed by atoms with Crippen LogP contribution in [0, 0.1) is 11.8 Å². The zero-order valence-electron chi connectivity index (χ0n) is 11.0. The van der Waals surface area contributed by atoms with Gasteiger partial charge in [-0.1, -0.05) is 19.8 Å². The summed E-state index contributed by atoms with van der Waals surface area (Å²) in [6.45, 7) is 5.73. The third kappa shape index (κ3) is 2.57. The molecule has 3 atom stereocenters. The number of nitrogens with zero attached hydrogens (tertiary/aromatic N) is 3. The molecular weight excluding hydrogens is 228 g/mol. The summed E-state index contributed by atoms with van der Waals surface area (Å²) < 4.78 is 7.46. The van der Waals surface area contributed by atoms with Crippen LogP contribution >= 0.6 is 0 Å². The van der Waals surface area contributed by atoms with Gasteiger partial charge in [0.05, 0.1) is 19.3 Å². The Hall–Kier alpha value is -0.940. The fourth-order valence-corrected chi connectivity index (χ4v) is 3.02. The lowest BCUT2D eigenvalue weighted by Gasteiger charge is -2.21. The first-order valence-corrected chi connectivity index (χ1v) is 7.03. The molecule has 0 aromatic carbocycles. The van der Waals surface area contributed by atoms with Crippen LogP contribution in [-0.4, -0.2) is 34.5 Å². The van der Waals surface area contributed by atoms with E-state index in [4.69, 9.17) is 4.74 Å². The second-order valence-corrected chi connectivity index (χ2v) is 5.57. The Balaban J connectivity index is 1.62. The van der Waals surface area contributed by atoms with Crippen molar-refractivity contribution in [3.05, 3.63) is 12.2 Å². The van der Waals surface area contributed by atoms with Gasteiger partial charge in [0.1, 0.15) is 6.33 Å². The molecule has 18 heavy (non-hydrogen) atoms. The summed E-state index contributed by atoms with van der Waals surface area (Å²) in [5, 5.41) is 7.98. The smallest absolute Gasteiger partial charge is 0.169 e. The fraction of sp³-hybridized carbons (Fsp3) is 0.846. The van der Waals surface area contributed by atoms with Crippen molar-refractivity contribution in [1.29, 1.82) is 0 Å². The van der Waals surface area contributed by atoms with Crippen molar-refractivity contribution in [2.24, 2.45) is 11.8 Å². The van der Waals surface area contributed by atoms with Gasteiger partial charge in [0.15, 0.2) is 5.82 Å². The van der Waals surface area contributed by atoms with Crippen molar-refractivity contribution < 1.29 is 4.74 Å².